The molecule has 0 spiro atoms. The number of thiazole rings is 1. The fourth-order valence-electron chi connectivity index (χ4n) is 3.16. The fourth-order valence-corrected chi connectivity index (χ4v) is 4.00. The number of hydrogen-bond donors (Lipinski definition) is 0. The molecule has 106 valence electrons. The molecule has 3 fully saturated rings. The Morgan fingerprint density at radius 3 is 2.58 bits per heavy atom. The van der Waals surface area contributed by atoms with E-state index in [0.717, 1.165) is 23.8 Å². The minimum atomic E-state index is 0.691. The minimum Gasteiger partial charge on any atom is -0.354 e. The molecule has 3 aliphatic heterocycles. The highest BCUT2D eigenvalue weighted by atomic mass is 32.1. The molecule has 2 unspecified atom stereocenters. The van der Waals surface area contributed by atoms with Crippen LogP contribution in [0.1, 0.15) is 25.1 Å². The number of rotatable bonds is 4. The summed E-state index contributed by atoms with van der Waals surface area (Å²) in [5.74, 6) is 0. The molecule has 2 bridgehead atoms. The van der Waals surface area contributed by atoms with E-state index in [0.29, 0.717) is 6.04 Å². The van der Waals surface area contributed by atoms with Crippen LogP contribution in [0.25, 0.3) is 0 Å². The van der Waals surface area contributed by atoms with Gasteiger partial charge in [-0.1, -0.05) is 0 Å². The molecule has 0 radical (unpaired) electrons. The minimum absolute atomic E-state index is 0.691. The Morgan fingerprint density at radius 2 is 2.05 bits per heavy atom. The highest BCUT2D eigenvalue weighted by molar-refractivity contribution is 7.15. The maximum Gasteiger partial charge on any atom is 0.185 e. The van der Waals surface area contributed by atoms with Gasteiger partial charge in [0, 0.05) is 62.9 Å². The van der Waals surface area contributed by atoms with Crippen molar-refractivity contribution in [3.05, 3.63) is 11.1 Å². The quantitative estimate of drug-likeness (QED) is 0.840. The van der Waals surface area contributed by atoms with Crippen LogP contribution in [-0.4, -0.2) is 60.1 Å². The van der Waals surface area contributed by atoms with Crippen LogP contribution in [0.4, 0.5) is 5.13 Å². The molecule has 1 aromatic rings. The van der Waals surface area contributed by atoms with E-state index in [-0.39, 0.29) is 0 Å². The lowest BCUT2D eigenvalue weighted by atomic mass is 9.86. The summed E-state index contributed by atoms with van der Waals surface area (Å²) in [6.45, 7) is 8.19. The Kier molecular flexibility index (Phi) is 3.53. The molecule has 4 rings (SSSR count). The molecule has 0 saturated carbocycles. The molecule has 4 nitrogen and oxygen atoms in total. The molecule has 2 atom stereocenters. The number of nitrogens with zero attached hydrogens (tertiary/aromatic N) is 4. The summed E-state index contributed by atoms with van der Waals surface area (Å²) in [5.41, 5.74) is 0. The van der Waals surface area contributed by atoms with Crippen molar-refractivity contribution in [3.8, 4) is 0 Å². The van der Waals surface area contributed by atoms with E-state index in [9.17, 15) is 0 Å². The van der Waals surface area contributed by atoms with Gasteiger partial charge in [-0.2, -0.15) is 0 Å². The van der Waals surface area contributed by atoms with Crippen LogP contribution in [0, 0.1) is 0 Å². The van der Waals surface area contributed by atoms with Crippen LogP contribution in [-0.2, 0) is 6.54 Å². The molecular formula is C14H24N4S. The average Bonchev–Trinajstić information content (AvgIpc) is 2.84. The Hall–Kier alpha value is -0.650. The first-order valence-corrected chi connectivity index (χ1v) is 7.98. The van der Waals surface area contributed by atoms with E-state index >= 15 is 0 Å². The lowest BCUT2D eigenvalue weighted by Gasteiger charge is -2.57. The third kappa shape index (κ3) is 2.51. The van der Waals surface area contributed by atoms with Crippen molar-refractivity contribution in [1.82, 2.24) is 14.8 Å². The van der Waals surface area contributed by atoms with Gasteiger partial charge in [0.1, 0.15) is 0 Å². The van der Waals surface area contributed by atoms with Crippen molar-refractivity contribution in [2.75, 3.05) is 32.1 Å². The van der Waals surface area contributed by atoms with Gasteiger partial charge in [0.2, 0.25) is 0 Å². The molecule has 0 aromatic carbocycles. The monoisotopic (exact) mass is 280 g/mol. The Morgan fingerprint density at radius 1 is 1.37 bits per heavy atom. The van der Waals surface area contributed by atoms with Crippen molar-refractivity contribution < 1.29 is 0 Å². The fraction of sp³-hybridized carbons (Fsp3) is 0.786. The highest BCUT2D eigenvalue weighted by Crippen LogP contribution is 2.35. The molecule has 0 aliphatic carbocycles. The number of anilines is 1. The van der Waals surface area contributed by atoms with E-state index in [1.54, 1.807) is 0 Å². The molecule has 5 heteroatoms. The van der Waals surface area contributed by atoms with Crippen molar-refractivity contribution in [2.24, 2.45) is 0 Å². The SMILES string of the molecule is CC(C)N1CC2CC(C1)N2Cc1cnc(N(C)C)s1. The van der Waals surface area contributed by atoms with Crippen LogP contribution in [0.5, 0.6) is 0 Å². The summed E-state index contributed by atoms with van der Waals surface area (Å²) < 4.78 is 0. The number of hydrogen-bond acceptors (Lipinski definition) is 5. The summed E-state index contributed by atoms with van der Waals surface area (Å²) in [6, 6.07) is 2.23. The number of aromatic nitrogens is 1. The van der Waals surface area contributed by atoms with E-state index in [2.05, 4.69) is 47.6 Å². The smallest absolute Gasteiger partial charge is 0.185 e. The van der Waals surface area contributed by atoms with Gasteiger partial charge >= 0.3 is 0 Å². The zero-order valence-corrected chi connectivity index (χ0v) is 13.2. The van der Waals surface area contributed by atoms with E-state index in [1.807, 2.05) is 17.5 Å². The molecular weight excluding hydrogens is 256 g/mol. The third-order valence-electron chi connectivity index (χ3n) is 4.37. The van der Waals surface area contributed by atoms with E-state index in [1.165, 1.54) is 24.4 Å². The van der Waals surface area contributed by atoms with Crippen LogP contribution in [0.15, 0.2) is 6.20 Å². The maximum absolute atomic E-state index is 4.47. The van der Waals surface area contributed by atoms with Crippen molar-refractivity contribution >= 4 is 16.5 Å². The predicted octanol–water partition coefficient (Wildman–Crippen LogP) is 1.88. The normalized spacial score (nSPS) is 27.6. The van der Waals surface area contributed by atoms with Gasteiger partial charge in [-0.15, -0.1) is 11.3 Å². The second kappa shape index (κ2) is 5.04. The zero-order chi connectivity index (χ0) is 13.6. The lowest BCUT2D eigenvalue weighted by Crippen LogP contribution is -2.68. The summed E-state index contributed by atoms with van der Waals surface area (Å²) in [4.78, 5) is 13.3. The largest absolute Gasteiger partial charge is 0.354 e. The maximum atomic E-state index is 4.47. The molecule has 4 heterocycles. The van der Waals surface area contributed by atoms with Gasteiger partial charge in [-0.3, -0.25) is 9.80 Å². The summed E-state index contributed by atoms with van der Waals surface area (Å²) in [6.07, 6.45) is 3.44. The second-order valence-electron chi connectivity index (χ2n) is 6.27. The lowest BCUT2D eigenvalue weighted by molar-refractivity contribution is -0.0829. The Labute approximate surface area is 120 Å². The molecule has 3 aliphatic rings. The summed E-state index contributed by atoms with van der Waals surface area (Å²) in [5, 5.41) is 1.12. The Bertz CT molecular complexity index is 430. The van der Waals surface area contributed by atoms with Crippen molar-refractivity contribution in [3.63, 3.8) is 0 Å². The van der Waals surface area contributed by atoms with Gasteiger partial charge in [0.05, 0.1) is 0 Å². The summed E-state index contributed by atoms with van der Waals surface area (Å²) in [7, 11) is 4.11. The number of piperidine rings is 1. The molecule has 0 amide bonds. The van der Waals surface area contributed by atoms with Gasteiger partial charge in [0.25, 0.3) is 0 Å². The highest BCUT2D eigenvalue weighted by Gasteiger charge is 2.44. The first-order valence-electron chi connectivity index (χ1n) is 7.16. The van der Waals surface area contributed by atoms with Crippen LogP contribution in [0.3, 0.4) is 0 Å². The molecule has 19 heavy (non-hydrogen) atoms. The number of piperazine rings is 1. The topological polar surface area (TPSA) is 22.6 Å². The van der Waals surface area contributed by atoms with Crippen molar-refractivity contribution in [1.29, 1.82) is 0 Å². The van der Waals surface area contributed by atoms with Crippen LogP contribution >= 0.6 is 11.3 Å². The third-order valence-corrected chi connectivity index (χ3v) is 5.52. The molecule has 3 saturated heterocycles. The van der Waals surface area contributed by atoms with Gasteiger partial charge in [0.15, 0.2) is 5.13 Å². The van der Waals surface area contributed by atoms with Gasteiger partial charge < -0.3 is 4.90 Å². The second-order valence-corrected chi connectivity index (χ2v) is 7.36. The van der Waals surface area contributed by atoms with Gasteiger partial charge in [-0.25, -0.2) is 4.98 Å². The van der Waals surface area contributed by atoms with Crippen LogP contribution < -0.4 is 4.90 Å². The Balaban J connectivity index is 1.60. The molecule has 1 aromatic heterocycles. The van der Waals surface area contributed by atoms with E-state index < -0.39 is 0 Å². The zero-order valence-electron chi connectivity index (χ0n) is 12.3. The van der Waals surface area contributed by atoms with Crippen molar-refractivity contribution in [2.45, 2.75) is 44.9 Å². The standard InChI is InChI=1S/C14H24N4S/c1-10(2)17-7-11-5-12(8-17)18(11)9-13-6-15-14(19-13)16(3)4/h6,10-12H,5,7-9H2,1-4H3. The van der Waals surface area contributed by atoms with E-state index in [4.69, 9.17) is 0 Å². The van der Waals surface area contributed by atoms with Crippen LogP contribution in [0.2, 0.25) is 0 Å². The first-order chi connectivity index (χ1) is 9.04. The first kappa shape index (κ1) is 13.3. The predicted molar refractivity (Wildman–Crippen MR) is 80.9 cm³/mol. The average molecular weight is 280 g/mol. The summed E-state index contributed by atoms with van der Waals surface area (Å²) >= 11 is 1.82. The van der Waals surface area contributed by atoms with Gasteiger partial charge in [-0.05, 0) is 20.3 Å². The number of fused-ring (bicyclic) bond motifs is 2. The molecule has 0 N–H and O–H groups in total.